The van der Waals surface area contributed by atoms with Gasteiger partial charge in [0.2, 0.25) is 11.9 Å². The number of nitrogens with zero attached hydrogens (tertiary/aromatic N) is 2. The van der Waals surface area contributed by atoms with Crippen LogP contribution in [0.4, 0.5) is 30.6 Å². The van der Waals surface area contributed by atoms with Gasteiger partial charge in [-0.05, 0) is 18.2 Å². The number of aromatic nitrogens is 2. The van der Waals surface area contributed by atoms with Gasteiger partial charge in [0.05, 0.1) is 12.1 Å². The van der Waals surface area contributed by atoms with E-state index in [0.717, 1.165) is 18.3 Å². The summed E-state index contributed by atoms with van der Waals surface area (Å²) in [5.74, 6) is -1.83. The van der Waals surface area contributed by atoms with E-state index in [9.17, 15) is 22.8 Å². The zero-order chi connectivity index (χ0) is 18.6. The van der Waals surface area contributed by atoms with Crippen molar-refractivity contribution in [2.75, 3.05) is 17.2 Å². The van der Waals surface area contributed by atoms with E-state index >= 15 is 0 Å². The van der Waals surface area contributed by atoms with E-state index in [1.165, 1.54) is 12.1 Å². The van der Waals surface area contributed by atoms with Gasteiger partial charge in [0.1, 0.15) is 11.4 Å². The third kappa shape index (κ3) is 4.64. The maximum atomic E-state index is 12.8. The second kappa shape index (κ2) is 7.13. The maximum absolute atomic E-state index is 12.8. The Morgan fingerprint density at radius 2 is 1.96 bits per heavy atom. The Bertz CT molecular complexity index is 809. The molecule has 132 valence electrons. The first-order valence-electron chi connectivity index (χ1n) is 6.81. The molecule has 8 nitrogen and oxygen atoms in total. The predicted molar refractivity (Wildman–Crippen MR) is 83.0 cm³/mol. The van der Waals surface area contributed by atoms with Crippen LogP contribution in [-0.2, 0) is 11.0 Å². The molecule has 0 radical (unpaired) electrons. The fourth-order valence-corrected chi connectivity index (χ4v) is 1.80. The van der Waals surface area contributed by atoms with Crippen LogP contribution in [0, 0.1) is 0 Å². The maximum Gasteiger partial charge on any atom is 0.416 e. The SMILES string of the molecule is NCC(=O)Nc1ncc(C(N)=O)c(Nc2cccc(C(F)(F)F)c2)n1. The molecule has 0 unspecified atom stereocenters. The Hall–Kier alpha value is -3.21. The van der Waals surface area contributed by atoms with Crippen LogP contribution in [-0.4, -0.2) is 28.3 Å². The fourth-order valence-electron chi connectivity index (χ4n) is 1.80. The van der Waals surface area contributed by atoms with Gasteiger partial charge in [-0.15, -0.1) is 0 Å². The molecule has 2 rings (SSSR count). The number of carbonyl (C=O) groups excluding carboxylic acids is 2. The van der Waals surface area contributed by atoms with Crippen molar-refractivity contribution in [1.29, 1.82) is 0 Å². The van der Waals surface area contributed by atoms with Crippen molar-refractivity contribution >= 4 is 29.3 Å². The van der Waals surface area contributed by atoms with E-state index in [1.807, 2.05) is 0 Å². The first kappa shape index (κ1) is 18.1. The van der Waals surface area contributed by atoms with Gasteiger partial charge >= 0.3 is 6.18 Å². The second-order valence-electron chi connectivity index (χ2n) is 4.78. The molecule has 11 heteroatoms. The van der Waals surface area contributed by atoms with Crippen LogP contribution in [0.2, 0.25) is 0 Å². The number of nitrogens with one attached hydrogen (secondary N) is 2. The molecule has 25 heavy (non-hydrogen) atoms. The van der Waals surface area contributed by atoms with Gasteiger partial charge in [-0.3, -0.25) is 14.9 Å². The molecule has 1 heterocycles. The number of hydrogen-bond acceptors (Lipinski definition) is 6. The van der Waals surface area contributed by atoms with E-state index in [4.69, 9.17) is 11.5 Å². The number of rotatable bonds is 5. The van der Waals surface area contributed by atoms with Crippen LogP contribution in [0.3, 0.4) is 0 Å². The number of benzene rings is 1. The summed E-state index contributed by atoms with van der Waals surface area (Å²) >= 11 is 0. The lowest BCUT2D eigenvalue weighted by Gasteiger charge is -2.12. The summed E-state index contributed by atoms with van der Waals surface area (Å²) in [7, 11) is 0. The Morgan fingerprint density at radius 1 is 1.24 bits per heavy atom. The first-order valence-corrected chi connectivity index (χ1v) is 6.81. The summed E-state index contributed by atoms with van der Waals surface area (Å²) in [6.45, 7) is -0.322. The topological polar surface area (TPSA) is 136 Å². The van der Waals surface area contributed by atoms with Crippen molar-refractivity contribution in [2.24, 2.45) is 11.5 Å². The molecule has 0 bridgehead atoms. The lowest BCUT2D eigenvalue weighted by atomic mass is 10.2. The molecule has 0 saturated carbocycles. The Morgan fingerprint density at radius 3 is 2.56 bits per heavy atom. The molecule has 2 amide bonds. The molecule has 0 fully saturated rings. The van der Waals surface area contributed by atoms with Crippen molar-refractivity contribution in [3.05, 3.63) is 41.6 Å². The smallest absolute Gasteiger partial charge is 0.365 e. The van der Waals surface area contributed by atoms with Crippen LogP contribution in [0.25, 0.3) is 0 Å². The molecule has 0 aliphatic rings. The average Bonchev–Trinajstić information content (AvgIpc) is 2.54. The molecular weight excluding hydrogens is 341 g/mol. The summed E-state index contributed by atoms with van der Waals surface area (Å²) in [4.78, 5) is 30.3. The van der Waals surface area contributed by atoms with Crippen molar-refractivity contribution in [2.45, 2.75) is 6.18 Å². The van der Waals surface area contributed by atoms with Crippen molar-refractivity contribution < 1.29 is 22.8 Å². The van der Waals surface area contributed by atoms with Gasteiger partial charge in [0.15, 0.2) is 0 Å². The molecule has 6 N–H and O–H groups in total. The molecule has 1 aromatic carbocycles. The largest absolute Gasteiger partial charge is 0.416 e. The number of alkyl halides is 3. The van der Waals surface area contributed by atoms with E-state index in [-0.39, 0.29) is 29.6 Å². The van der Waals surface area contributed by atoms with E-state index in [0.29, 0.717) is 0 Å². The third-order valence-corrected chi connectivity index (χ3v) is 2.94. The molecule has 2 aromatic rings. The van der Waals surface area contributed by atoms with Gasteiger partial charge in [-0.2, -0.15) is 18.2 Å². The van der Waals surface area contributed by atoms with E-state index in [1.54, 1.807) is 0 Å². The van der Waals surface area contributed by atoms with Crippen molar-refractivity contribution in [3.63, 3.8) is 0 Å². The molecule has 0 aliphatic carbocycles. The van der Waals surface area contributed by atoms with Gasteiger partial charge in [0.25, 0.3) is 5.91 Å². The van der Waals surface area contributed by atoms with Gasteiger partial charge in [0, 0.05) is 11.9 Å². The highest BCUT2D eigenvalue weighted by Crippen LogP contribution is 2.31. The number of primary amides is 1. The van der Waals surface area contributed by atoms with E-state index in [2.05, 4.69) is 20.6 Å². The predicted octanol–water partition coefficient (Wildman–Crippen LogP) is 1.24. The number of carbonyl (C=O) groups is 2. The highest BCUT2D eigenvalue weighted by Gasteiger charge is 2.30. The van der Waals surface area contributed by atoms with Crippen LogP contribution in [0.5, 0.6) is 0 Å². The molecular formula is C14H13F3N6O2. The fraction of sp³-hybridized carbons (Fsp3) is 0.143. The molecule has 0 saturated heterocycles. The number of nitrogens with two attached hydrogens (primary N) is 2. The minimum absolute atomic E-state index is 0.0205. The third-order valence-electron chi connectivity index (χ3n) is 2.94. The highest BCUT2D eigenvalue weighted by atomic mass is 19.4. The summed E-state index contributed by atoms with van der Waals surface area (Å²) in [6, 6.07) is 4.27. The first-order chi connectivity index (χ1) is 11.7. The number of hydrogen-bond donors (Lipinski definition) is 4. The standard InChI is InChI=1S/C14H13F3N6O2/c15-14(16,17)7-2-1-3-8(4-7)21-12-9(11(19)25)6-20-13(23-12)22-10(24)5-18/h1-4,6H,5,18H2,(H2,19,25)(H2,20,21,22,23,24). The van der Waals surface area contributed by atoms with Crippen molar-refractivity contribution in [3.8, 4) is 0 Å². The zero-order valence-corrected chi connectivity index (χ0v) is 12.6. The zero-order valence-electron chi connectivity index (χ0n) is 12.6. The van der Waals surface area contributed by atoms with Crippen LogP contribution in [0.15, 0.2) is 30.5 Å². The number of halogens is 3. The lowest BCUT2D eigenvalue weighted by Crippen LogP contribution is -2.24. The number of anilines is 3. The second-order valence-corrected chi connectivity index (χ2v) is 4.78. The summed E-state index contributed by atoms with van der Waals surface area (Å²) < 4.78 is 38.3. The lowest BCUT2D eigenvalue weighted by molar-refractivity contribution is -0.137. The molecule has 0 spiro atoms. The quantitative estimate of drug-likeness (QED) is 0.638. The van der Waals surface area contributed by atoms with Crippen LogP contribution in [0.1, 0.15) is 15.9 Å². The van der Waals surface area contributed by atoms with Crippen molar-refractivity contribution in [1.82, 2.24) is 9.97 Å². The van der Waals surface area contributed by atoms with Gasteiger partial charge < -0.3 is 16.8 Å². The van der Waals surface area contributed by atoms with Crippen LogP contribution < -0.4 is 22.1 Å². The Balaban J connectivity index is 2.38. The summed E-state index contributed by atoms with van der Waals surface area (Å²) in [5.41, 5.74) is 9.32. The molecule has 1 aromatic heterocycles. The number of amides is 2. The summed E-state index contributed by atoms with van der Waals surface area (Å²) in [5, 5.41) is 4.82. The summed E-state index contributed by atoms with van der Waals surface area (Å²) in [6.07, 6.45) is -3.49. The van der Waals surface area contributed by atoms with Gasteiger partial charge in [-0.1, -0.05) is 6.07 Å². The minimum Gasteiger partial charge on any atom is -0.365 e. The normalized spacial score (nSPS) is 11.0. The monoisotopic (exact) mass is 354 g/mol. The molecule has 0 atom stereocenters. The highest BCUT2D eigenvalue weighted by molar-refractivity contribution is 5.98. The Labute approximate surface area is 139 Å². The Kier molecular flexibility index (Phi) is 5.17. The van der Waals surface area contributed by atoms with E-state index < -0.39 is 23.6 Å². The minimum atomic E-state index is -4.53. The van der Waals surface area contributed by atoms with Gasteiger partial charge in [-0.25, -0.2) is 4.98 Å². The average molecular weight is 354 g/mol. The van der Waals surface area contributed by atoms with Crippen LogP contribution >= 0.6 is 0 Å². The molecule has 0 aliphatic heterocycles.